The molecule has 0 saturated carbocycles. The van der Waals surface area contributed by atoms with E-state index in [2.05, 4.69) is 10.2 Å². The van der Waals surface area contributed by atoms with Crippen LogP contribution in [0.1, 0.15) is 12.8 Å². The molecule has 0 unspecified atom stereocenters. The molecular weight excluding hydrogens is 220 g/mol. The van der Waals surface area contributed by atoms with Gasteiger partial charge in [0.2, 0.25) is 11.8 Å². The van der Waals surface area contributed by atoms with Gasteiger partial charge < -0.3 is 16.0 Å². The van der Waals surface area contributed by atoms with Crippen molar-refractivity contribution < 1.29 is 9.59 Å². The van der Waals surface area contributed by atoms with Crippen molar-refractivity contribution in [2.75, 3.05) is 46.3 Å². The highest BCUT2D eigenvalue weighted by Crippen LogP contribution is 2.04. The van der Waals surface area contributed by atoms with Crippen LogP contribution in [0, 0.1) is 0 Å². The number of hydrogen-bond acceptors (Lipinski definition) is 4. The Morgan fingerprint density at radius 2 is 1.88 bits per heavy atom. The lowest BCUT2D eigenvalue weighted by Crippen LogP contribution is -2.50. The van der Waals surface area contributed by atoms with Crippen LogP contribution in [0.5, 0.6) is 0 Å². The minimum absolute atomic E-state index is 0.0212. The van der Waals surface area contributed by atoms with Crippen LogP contribution in [0.4, 0.5) is 0 Å². The molecule has 17 heavy (non-hydrogen) atoms. The number of nitrogens with zero attached hydrogens (tertiary/aromatic N) is 2. The second-order valence-corrected chi connectivity index (χ2v) is 4.22. The SMILES string of the molecule is CNC(=O)CN1CCN(C(=O)CCCN)CC1. The normalized spacial score (nSPS) is 16.9. The second kappa shape index (κ2) is 7.24. The van der Waals surface area contributed by atoms with Gasteiger partial charge in [-0.05, 0) is 13.0 Å². The highest BCUT2D eigenvalue weighted by atomic mass is 16.2. The van der Waals surface area contributed by atoms with Crippen molar-refractivity contribution >= 4 is 11.8 Å². The summed E-state index contributed by atoms with van der Waals surface area (Å²) in [4.78, 5) is 26.8. The van der Waals surface area contributed by atoms with E-state index in [1.807, 2.05) is 4.90 Å². The predicted octanol–water partition coefficient (Wildman–Crippen LogP) is -1.38. The quantitative estimate of drug-likeness (QED) is 0.622. The molecule has 6 heteroatoms. The zero-order chi connectivity index (χ0) is 12.7. The molecule has 1 aliphatic rings. The van der Waals surface area contributed by atoms with Gasteiger partial charge in [0.15, 0.2) is 0 Å². The van der Waals surface area contributed by atoms with E-state index in [0.717, 1.165) is 19.5 Å². The first-order chi connectivity index (χ1) is 8.17. The average Bonchev–Trinajstić information content (AvgIpc) is 2.36. The summed E-state index contributed by atoms with van der Waals surface area (Å²) in [6.45, 7) is 3.92. The second-order valence-electron chi connectivity index (χ2n) is 4.22. The highest BCUT2D eigenvalue weighted by molar-refractivity contribution is 5.78. The standard InChI is InChI=1S/C11H22N4O2/c1-13-10(16)9-14-5-7-15(8-6-14)11(17)3-2-4-12/h2-9,12H2,1H3,(H,13,16). The first-order valence-corrected chi connectivity index (χ1v) is 6.08. The molecule has 2 amide bonds. The maximum Gasteiger partial charge on any atom is 0.233 e. The number of nitrogens with two attached hydrogens (primary N) is 1. The van der Waals surface area contributed by atoms with Crippen molar-refractivity contribution in [3.63, 3.8) is 0 Å². The van der Waals surface area contributed by atoms with Crippen LogP contribution in [0.3, 0.4) is 0 Å². The fraction of sp³-hybridized carbons (Fsp3) is 0.818. The number of amides is 2. The molecule has 0 aromatic heterocycles. The van der Waals surface area contributed by atoms with Gasteiger partial charge in [0.1, 0.15) is 0 Å². The molecule has 1 heterocycles. The number of hydrogen-bond donors (Lipinski definition) is 2. The maximum atomic E-state index is 11.7. The van der Waals surface area contributed by atoms with E-state index in [4.69, 9.17) is 5.73 Å². The molecule has 98 valence electrons. The van der Waals surface area contributed by atoms with Gasteiger partial charge in [0.25, 0.3) is 0 Å². The Morgan fingerprint density at radius 1 is 1.24 bits per heavy atom. The number of likely N-dealkylation sites (N-methyl/N-ethyl adjacent to an activating group) is 1. The largest absolute Gasteiger partial charge is 0.358 e. The average molecular weight is 242 g/mol. The van der Waals surface area contributed by atoms with Gasteiger partial charge in [-0.1, -0.05) is 0 Å². The number of piperazine rings is 1. The summed E-state index contributed by atoms with van der Waals surface area (Å²) in [5.41, 5.74) is 5.38. The number of nitrogens with one attached hydrogen (secondary N) is 1. The van der Waals surface area contributed by atoms with E-state index < -0.39 is 0 Å². The fourth-order valence-corrected chi connectivity index (χ4v) is 1.85. The van der Waals surface area contributed by atoms with Crippen molar-refractivity contribution in [1.29, 1.82) is 0 Å². The monoisotopic (exact) mass is 242 g/mol. The molecule has 0 aromatic rings. The predicted molar refractivity (Wildman–Crippen MR) is 65.4 cm³/mol. The van der Waals surface area contributed by atoms with Crippen LogP contribution in [0.15, 0.2) is 0 Å². The highest BCUT2D eigenvalue weighted by Gasteiger charge is 2.21. The minimum atomic E-state index is 0.0212. The van der Waals surface area contributed by atoms with E-state index in [1.165, 1.54) is 0 Å². The molecule has 3 N–H and O–H groups in total. The Labute approximate surface area is 102 Å². The zero-order valence-electron chi connectivity index (χ0n) is 10.4. The van der Waals surface area contributed by atoms with Crippen LogP contribution in [0.2, 0.25) is 0 Å². The van der Waals surface area contributed by atoms with Crippen LogP contribution < -0.4 is 11.1 Å². The first kappa shape index (κ1) is 13.9. The third-order valence-electron chi connectivity index (χ3n) is 2.97. The van der Waals surface area contributed by atoms with Crippen LogP contribution in [0.25, 0.3) is 0 Å². The van der Waals surface area contributed by atoms with Crippen LogP contribution in [-0.4, -0.2) is 67.9 Å². The smallest absolute Gasteiger partial charge is 0.233 e. The van der Waals surface area contributed by atoms with Crippen molar-refractivity contribution in [1.82, 2.24) is 15.1 Å². The zero-order valence-corrected chi connectivity index (χ0v) is 10.4. The van der Waals surface area contributed by atoms with Gasteiger partial charge in [0.05, 0.1) is 6.54 Å². The Hall–Kier alpha value is -1.14. The Balaban J connectivity index is 2.25. The van der Waals surface area contributed by atoms with Crippen LogP contribution in [-0.2, 0) is 9.59 Å². The summed E-state index contributed by atoms with van der Waals surface area (Å²) in [5, 5.41) is 2.60. The number of carbonyl (C=O) groups is 2. The summed E-state index contributed by atoms with van der Waals surface area (Å²) < 4.78 is 0. The maximum absolute atomic E-state index is 11.7. The van der Waals surface area contributed by atoms with Crippen molar-refractivity contribution in [2.45, 2.75) is 12.8 Å². The lowest BCUT2D eigenvalue weighted by molar-refractivity contribution is -0.133. The molecule has 0 spiro atoms. The molecule has 1 fully saturated rings. The number of carbonyl (C=O) groups excluding carboxylic acids is 2. The van der Waals surface area contributed by atoms with Crippen molar-refractivity contribution in [2.24, 2.45) is 5.73 Å². The Morgan fingerprint density at radius 3 is 2.41 bits per heavy atom. The molecule has 0 radical (unpaired) electrons. The molecule has 0 aliphatic carbocycles. The fourth-order valence-electron chi connectivity index (χ4n) is 1.85. The molecule has 0 bridgehead atoms. The van der Waals surface area contributed by atoms with Crippen molar-refractivity contribution in [3.8, 4) is 0 Å². The summed E-state index contributed by atoms with van der Waals surface area (Å²) in [7, 11) is 1.63. The van der Waals surface area contributed by atoms with Gasteiger partial charge in [-0.15, -0.1) is 0 Å². The third-order valence-corrected chi connectivity index (χ3v) is 2.97. The van der Waals surface area contributed by atoms with E-state index in [-0.39, 0.29) is 11.8 Å². The summed E-state index contributed by atoms with van der Waals surface area (Å²) in [6.07, 6.45) is 1.28. The van der Waals surface area contributed by atoms with Crippen molar-refractivity contribution in [3.05, 3.63) is 0 Å². The lowest BCUT2D eigenvalue weighted by atomic mass is 10.2. The first-order valence-electron chi connectivity index (χ1n) is 6.08. The van der Waals surface area contributed by atoms with Gasteiger partial charge >= 0.3 is 0 Å². The summed E-state index contributed by atoms with van der Waals surface area (Å²) in [6, 6.07) is 0. The van der Waals surface area contributed by atoms with Gasteiger partial charge in [-0.3, -0.25) is 14.5 Å². The Bertz CT molecular complexity index is 262. The molecule has 1 saturated heterocycles. The molecular formula is C11H22N4O2. The van der Waals surface area contributed by atoms with E-state index >= 15 is 0 Å². The van der Waals surface area contributed by atoms with Crippen LogP contribution >= 0.6 is 0 Å². The molecule has 0 aromatic carbocycles. The van der Waals surface area contributed by atoms with Gasteiger partial charge in [0, 0.05) is 39.6 Å². The van der Waals surface area contributed by atoms with E-state index in [0.29, 0.717) is 32.6 Å². The van der Waals surface area contributed by atoms with E-state index in [1.54, 1.807) is 7.05 Å². The molecule has 0 atom stereocenters. The molecule has 6 nitrogen and oxygen atoms in total. The Kier molecular flexibility index (Phi) is 5.93. The summed E-state index contributed by atoms with van der Waals surface area (Å²) in [5.74, 6) is 0.197. The minimum Gasteiger partial charge on any atom is -0.358 e. The third kappa shape index (κ3) is 4.70. The van der Waals surface area contributed by atoms with E-state index in [9.17, 15) is 9.59 Å². The van der Waals surface area contributed by atoms with Gasteiger partial charge in [-0.2, -0.15) is 0 Å². The lowest BCUT2D eigenvalue weighted by Gasteiger charge is -2.34. The topological polar surface area (TPSA) is 78.7 Å². The number of rotatable bonds is 5. The molecule has 1 aliphatic heterocycles. The molecule has 1 rings (SSSR count). The van der Waals surface area contributed by atoms with Gasteiger partial charge in [-0.25, -0.2) is 0 Å². The summed E-state index contributed by atoms with van der Waals surface area (Å²) >= 11 is 0.